The zero-order valence-corrected chi connectivity index (χ0v) is 14.4. The molecule has 132 valence electrons. The summed E-state index contributed by atoms with van der Waals surface area (Å²) in [6.45, 7) is 1.19. The second kappa shape index (κ2) is 6.07. The van der Waals surface area contributed by atoms with E-state index in [1.165, 1.54) is 11.3 Å². The molecule has 0 amide bonds. The lowest BCUT2D eigenvalue weighted by Gasteiger charge is -2.23. The first-order valence-electron chi connectivity index (χ1n) is 8.67. The van der Waals surface area contributed by atoms with Crippen LogP contribution in [0.1, 0.15) is 23.0 Å². The summed E-state index contributed by atoms with van der Waals surface area (Å²) < 4.78 is 16.5. The average molecular weight is 349 g/mol. The van der Waals surface area contributed by atoms with Crippen LogP contribution in [-0.4, -0.2) is 30.4 Å². The molecular weight excluding hydrogens is 330 g/mol. The largest absolute Gasteiger partial charge is 0.496 e. The van der Waals surface area contributed by atoms with Gasteiger partial charge in [-0.05, 0) is 17.2 Å². The van der Waals surface area contributed by atoms with E-state index < -0.39 is 0 Å². The molecule has 0 radical (unpaired) electrons. The summed E-state index contributed by atoms with van der Waals surface area (Å²) in [5.41, 5.74) is 5.56. The van der Waals surface area contributed by atoms with Crippen molar-refractivity contribution in [3.63, 3.8) is 0 Å². The monoisotopic (exact) mass is 349 g/mol. The van der Waals surface area contributed by atoms with Gasteiger partial charge in [-0.2, -0.15) is 0 Å². The average Bonchev–Trinajstić information content (AvgIpc) is 3.35. The van der Waals surface area contributed by atoms with Gasteiger partial charge in [-0.1, -0.05) is 24.3 Å². The molecular formula is C20H19N3O3. The Bertz CT molecular complexity index is 949. The summed E-state index contributed by atoms with van der Waals surface area (Å²) in [5.74, 6) is 2.24. The molecule has 0 bridgehead atoms. The van der Waals surface area contributed by atoms with Crippen molar-refractivity contribution in [2.75, 3.05) is 20.4 Å². The van der Waals surface area contributed by atoms with Crippen LogP contribution in [-0.2, 0) is 6.42 Å². The normalized spacial score (nSPS) is 17.8. The fourth-order valence-electron chi connectivity index (χ4n) is 3.67. The highest BCUT2D eigenvalue weighted by Crippen LogP contribution is 2.42. The Kier molecular flexibility index (Phi) is 3.57. The van der Waals surface area contributed by atoms with Crippen LogP contribution in [0, 0.1) is 0 Å². The van der Waals surface area contributed by atoms with Crippen LogP contribution in [0.5, 0.6) is 17.2 Å². The van der Waals surface area contributed by atoms with Gasteiger partial charge in [0.2, 0.25) is 6.79 Å². The van der Waals surface area contributed by atoms with Crippen molar-refractivity contribution in [1.29, 1.82) is 0 Å². The number of hydrogen-bond donors (Lipinski definition) is 2. The maximum atomic E-state index is 5.55. The molecule has 6 heteroatoms. The molecule has 3 heterocycles. The van der Waals surface area contributed by atoms with Gasteiger partial charge in [-0.25, -0.2) is 4.98 Å². The maximum Gasteiger partial charge on any atom is 0.231 e. The molecule has 26 heavy (non-hydrogen) atoms. The highest BCUT2D eigenvalue weighted by molar-refractivity contribution is 5.74. The van der Waals surface area contributed by atoms with E-state index in [2.05, 4.69) is 39.6 Å². The second-order valence-electron chi connectivity index (χ2n) is 6.43. The second-order valence-corrected chi connectivity index (χ2v) is 6.43. The SMILES string of the molecule is COc1cc2c(cc1-c1ccc(C3NCCc4[nH]cnc43)cc1)OCO2. The fourth-order valence-corrected chi connectivity index (χ4v) is 3.67. The van der Waals surface area contributed by atoms with Crippen molar-refractivity contribution in [1.82, 2.24) is 15.3 Å². The molecule has 6 nitrogen and oxygen atoms in total. The third kappa shape index (κ3) is 2.42. The van der Waals surface area contributed by atoms with Crippen LogP contribution in [0.4, 0.5) is 0 Å². The Morgan fingerprint density at radius 2 is 1.92 bits per heavy atom. The number of imidazole rings is 1. The van der Waals surface area contributed by atoms with Gasteiger partial charge in [0.1, 0.15) is 5.75 Å². The number of aromatic nitrogens is 2. The molecule has 0 fully saturated rings. The van der Waals surface area contributed by atoms with Crippen LogP contribution >= 0.6 is 0 Å². The number of hydrogen-bond acceptors (Lipinski definition) is 5. The molecule has 0 saturated carbocycles. The Labute approximate surface area is 151 Å². The molecule has 2 aromatic carbocycles. The van der Waals surface area contributed by atoms with Crippen LogP contribution in [0.3, 0.4) is 0 Å². The molecule has 2 N–H and O–H groups in total. The van der Waals surface area contributed by atoms with Gasteiger partial charge in [0, 0.05) is 30.3 Å². The molecule has 2 aliphatic heterocycles. The molecule has 5 rings (SSSR count). The molecule has 3 aromatic rings. The smallest absolute Gasteiger partial charge is 0.231 e. The number of rotatable bonds is 3. The van der Waals surface area contributed by atoms with Gasteiger partial charge < -0.3 is 24.5 Å². The topological polar surface area (TPSA) is 68.4 Å². The van der Waals surface area contributed by atoms with Crippen LogP contribution < -0.4 is 19.5 Å². The predicted octanol–water partition coefficient (Wildman–Crippen LogP) is 3.05. The molecule has 1 unspecified atom stereocenters. The van der Waals surface area contributed by atoms with Crippen molar-refractivity contribution in [2.45, 2.75) is 12.5 Å². The summed E-state index contributed by atoms with van der Waals surface area (Å²) in [5, 5.41) is 3.55. The van der Waals surface area contributed by atoms with E-state index in [-0.39, 0.29) is 12.8 Å². The lowest BCUT2D eigenvalue weighted by atomic mass is 9.95. The highest BCUT2D eigenvalue weighted by atomic mass is 16.7. The van der Waals surface area contributed by atoms with E-state index in [1.807, 2.05) is 12.1 Å². The lowest BCUT2D eigenvalue weighted by molar-refractivity contribution is 0.174. The highest BCUT2D eigenvalue weighted by Gasteiger charge is 2.24. The summed E-state index contributed by atoms with van der Waals surface area (Å²) >= 11 is 0. The minimum Gasteiger partial charge on any atom is -0.496 e. The third-order valence-electron chi connectivity index (χ3n) is 5.00. The lowest BCUT2D eigenvalue weighted by Crippen LogP contribution is -2.30. The number of fused-ring (bicyclic) bond motifs is 2. The number of nitrogens with one attached hydrogen (secondary N) is 2. The summed E-state index contributed by atoms with van der Waals surface area (Å²) in [6, 6.07) is 12.5. The number of nitrogens with zero attached hydrogens (tertiary/aromatic N) is 1. The van der Waals surface area contributed by atoms with Crippen molar-refractivity contribution in [3.05, 3.63) is 59.7 Å². The third-order valence-corrected chi connectivity index (χ3v) is 5.00. The van der Waals surface area contributed by atoms with Crippen LogP contribution in [0.25, 0.3) is 11.1 Å². The predicted molar refractivity (Wildman–Crippen MR) is 96.7 cm³/mol. The number of methoxy groups -OCH3 is 1. The quantitative estimate of drug-likeness (QED) is 0.761. The molecule has 0 aliphatic carbocycles. The van der Waals surface area contributed by atoms with E-state index in [9.17, 15) is 0 Å². The fraction of sp³-hybridized carbons (Fsp3) is 0.250. The first-order chi connectivity index (χ1) is 12.8. The molecule has 1 atom stereocenters. The van der Waals surface area contributed by atoms with Gasteiger partial charge in [-0.3, -0.25) is 0 Å². The molecule has 2 aliphatic rings. The van der Waals surface area contributed by atoms with E-state index in [0.717, 1.165) is 47.0 Å². The standard InChI is InChI=1S/C20H19N3O3/c1-24-16-9-18-17(25-11-26-18)8-14(16)12-2-4-13(5-3-12)19-20-15(6-7-21-19)22-10-23-20/h2-5,8-10,19,21H,6-7,11H2,1H3,(H,22,23). The first kappa shape index (κ1) is 15.3. The van der Waals surface area contributed by atoms with E-state index in [0.29, 0.717) is 0 Å². The number of aromatic amines is 1. The van der Waals surface area contributed by atoms with Gasteiger partial charge in [0.25, 0.3) is 0 Å². The Balaban J connectivity index is 1.50. The van der Waals surface area contributed by atoms with Crippen molar-refractivity contribution in [2.24, 2.45) is 0 Å². The van der Waals surface area contributed by atoms with Crippen molar-refractivity contribution >= 4 is 0 Å². The van der Waals surface area contributed by atoms with E-state index in [4.69, 9.17) is 14.2 Å². The van der Waals surface area contributed by atoms with Crippen LogP contribution in [0.2, 0.25) is 0 Å². The first-order valence-corrected chi connectivity index (χ1v) is 8.67. The van der Waals surface area contributed by atoms with Crippen molar-refractivity contribution < 1.29 is 14.2 Å². The summed E-state index contributed by atoms with van der Waals surface area (Å²) in [4.78, 5) is 7.73. The van der Waals surface area contributed by atoms with E-state index in [1.54, 1.807) is 13.4 Å². The summed E-state index contributed by atoms with van der Waals surface area (Å²) in [7, 11) is 1.67. The number of ether oxygens (including phenoxy) is 3. The molecule has 1 aromatic heterocycles. The molecule has 0 saturated heterocycles. The zero-order valence-electron chi connectivity index (χ0n) is 14.4. The minimum atomic E-state index is 0.123. The zero-order chi connectivity index (χ0) is 17.5. The minimum absolute atomic E-state index is 0.123. The maximum absolute atomic E-state index is 5.55. The number of H-pyrrole nitrogens is 1. The van der Waals surface area contributed by atoms with Crippen molar-refractivity contribution in [3.8, 4) is 28.4 Å². The van der Waals surface area contributed by atoms with E-state index >= 15 is 0 Å². The Hall–Kier alpha value is -2.99. The summed E-state index contributed by atoms with van der Waals surface area (Å²) in [6.07, 6.45) is 2.76. The Morgan fingerprint density at radius 3 is 2.73 bits per heavy atom. The van der Waals surface area contributed by atoms with Crippen LogP contribution in [0.15, 0.2) is 42.7 Å². The molecule has 0 spiro atoms. The van der Waals surface area contributed by atoms with Gasteiger partial charge in [0.15, 0.2) is 11.5 Å². The van der Waals surface area contributed by atoms with Gasteiger partial charge in [-0.15, -0.1) is 0 Å². The van der Waals surface area contributed by atoms with Gasteiger partial charge in [0.05, 0.1) is 25.2 Å². The van der Waals surface area contributed by atoms with Gasteiger partial charge >= 0.3 is 0 Å². The number of benzene rings is 2. The Morgan fingerprint density at radius 1 is 1.12 bits per heavy atom.